The highest BCUT2D eigenvalue weighted by Gasteiger charge is 2.14. The third kappa shape index (κ3) is 7.16. The maximum atomic E-state index is 12.5. The zero-order valence-corrected chi connectivity index (χ0v) is 19.6. The van der Waals surface area contributed by atoms with Gasteiger partial charge in [0.05, 0.1) is 31.0 Å². The van der Waals surface area contributed by atoms with E-state index in [1.807, 2.05) is 13.8 Å². The number of carbonyl (C=O) groups is 2. The van der Waals surface area contributed by atoms with Crippen molar-refractivity contribution >= 4 is 34.0 Å². The predicted octanol–water partition coefficient (Wildman–Crippen LogP) is 3.87. The van der Waals surface area contributed by atoms with E-state index in [9.17, 15) is 9.59 Å². The Morgan fingerprint density at radius 3 is 2.53 bits per heavy atom. The first-order valence-corrected chi connectivity index (χ1v) is 10.6. The number of hydrogen-bond acceptors (Lipinski definition) is 7. The van der Waals surface area contributed by atoms with Crippen LogP contribution in [-0.2, 0) is 4.79 Å². The number of rotatable bonds is 12. The zero-order valence-electron chi connectivity index (χ0n) is 18.0. The van der Waals surface area contributed by atoms with Gasteiger partial charge >= 0.3 is 5.97 Å². The molecule has 0 atom stereocenters. The lowest BCUT2D eigenvalue weighted by Crippen LogP contribution is -2.18. The van der Waals surface area contributed by atoms with Gasteiger partial charge in [-0.3, -0.25) is 4.79 Å². The van der Waals surface area contributed by atoms with Gasteiger partial charge in [0.25, 0.3) is 5.91 Å². The number of nitrogens with zero attached hydrogens (tertiary/aromatic N) is 1. The van der Waals surface area contributed by atoms with Gasteiger partial charge in [0.1, 0.15) is 0 Å². The second kappa shape index (κ2) is 12.6. The molecule has 0 heterocycles. The van der Waals surface area contributed by atoms with Gasteiger partial charge in [-0.05, 0) is 65.2 Å². The molecule has 0 aromatic heterocycles. The van der Waals surface area contributed by atoms with Gasteiger partial charge in [-0.1, -0.05) is 6.92 Å². The molecular weight excluding hydrogens is 484 g/mol. The van der Waals surface area contributed by atoms with Gasteiger partial charge in [0, 0.05) is 5.56 Å². The monoisotopic (exact) mass is 508 g/mol. The molecule has 32 heavy (non-hydrogen) atoms. The molecule has 0 aliphatic heterocycles. The molecule has 0 unspecified atom stereocenters. The summed E-state index contributed by atoms with van der Waals surface area (Å²) in [5.74, 6) is 0.114. The Morgan fingerprint density at radius 1 is 1.09 bits per heavy atom. The molecule has 2 rings (SSSR count). The second-order valence-electron chi connectivity index (χ2n) is 6.36. The summed E-state index contributed by atoms with van der Waals surface area (Å²) in [5.41, 5.74) is 3.42. The van der Waals surface area contributed by atoms with Crippen LogP contribution in [0.15, 0.2) is 39.9 Å². The van der Waals surface area contributed by atoms with E-state index in [2.05, 4.69) is 26.5 Å². The van der Waals surface area contributed by atoms with E-state index >= 15 is 0 Å². The van der Waals surface area contributed by atoms with E-state index in [0.29, 0.717) is 46.1 Å². The van der Waals surface area contributed by atoms with Crippen LogP contribution in [-0.4, -0.2) is 50.1 Å². The van der Waals surface area contributed by atoms with Gasteiger partial charge in [-0.25, -0.2) is 10.2 Å². The first kappa shape index (κ1) is 25.0. The molecular formula is C22H25BrN2O7. The summed E-state index contributed by atoms with van der Waals surface area (Å²) in [5, 5.41) is 12.8. The van der Waals surface area contributed by atoms with E-state index in [-0.39, 0.29) is 5.75 Å². The molecule has 2 aromatic rings. The number of amides is 1. The fraction of sp³-hybridized carbons (Fsp3) is 0.318. The smallest absolute Gasteiger partial charge is 0.341 e. The minimum atomic E-state index is -1.11. The summed E-state index contributed by atoms with van der Waals surface area (Å²) in [6.07, 6.45) is 2.28. The quantitative estimate of drug-likeness (QED) is 0.330. The van der Waals surface area contributed by atoms with Crippen LogP contribution < -0.4 is 24.4 Å². The van der Waals surface area contributed by atoms with E-state index in [1.54, 1.807) is 30.3 Å². The molecule has 0 bridgehead atoms. The van der Waals surface area contributed by atoms with E-state index in [4.69, 9.17) is 24.1 Å². The highest BCUT2D eigenvalue weighted by Crippen LogP contribution is 2.36. The Hall–Kier alpha value is -3.27. The number of nitrogens with one attached hydrogen (secondary N) is 1. The molecule has 10 heteroatoms. The molecule has 0 saturated carbocycles. The van der Waals surface area contributed by atoms with Gasteiger partial charge in [-0.15, -0.1) is 0 Å². The number of ether oxygens (including phenoxy) is 4. The molecule has 0 radical (unpaired) electrons. The molecule has 2 aromatic carbocycles. The van der Waals surface area contributed by atoms with Crippen LogP contribution in [0.1, 0.15) is 36.2 Å². The van der Waals surface area contributed by atoms with Crippen molar-refractivity contribution in [2.45, 2.75) is 20.3 Å². The molecule has 172 valence electrons. The molecule has 0 saturated heterocycles. The second-order valence-corrected chi connectivity index (χ2v) is 7.21. The zero-order chi connectivity index (χ0) is 23.5. The normalized spacial score (nSPS) is 10.6. The number of halogens is 1. The molecule has 0 fully saturated rings. The maximum Gasteiger partial charge on any atom is 0.341 e. The Morgan fingerprint density at radius 2 is 1.88 bits per heavy atom. The first-order valence-electron chi connectivity index (χ1n) is 9.84. The minimum Gasteiger partial charge on any atom is -0.493 e. The summed E-state index contributed by atoms with van der Waals surface area (Å²) in [6, 6.07) is 8.18. The van der Waals surface area contributed by atoms with Crippen molar-refractivity contribution in [1.29, 1.82) is 0 Å². The minimum absolute atomic E-state index is 0.255. The molecule has 9 nitrogen and oxygen atoms in total. The highest BCUT2D eigenvalue weighted by molar-refractivity contribution is 9.10. The van der Waals surface area contributed by atoms with Crippen LogP contribution in [0.2, 0.25) is 0 Å². The van der Waals surface area contributed by atoms with Crippen LogP contribution >= 0.6 is 15.9 Å². The van der Waals surface area contributed by atoms with Crippen LogP contribution in [0, 0.1) is 0 Å². The summed E-state index contributed by atoms with van der Waals surface area (Å²) < 4.78 is 22.2. The molecule has 2 N–H and O–H groups in total. The number of carboxylic acids is 1. The molecule has 0 aliphatic carbocycles. The predicted molar refractivity (Wildman–Crippen MR) is 122 cm³/mol. The van der Waals surface area contributed by atoms with E-state index in [0.717, 1.165) is 6.42 Å². The largest absolute Gasteiger partial charge is 0.493 e. The number of hydrogen-bond donors (Lipinski definition) is 2. The van der Waals surface area contributed by atoms with Crippen LogP contribution in [0.25, 0.3) is 0 Å². The van der Waals surface area contributed by atoms with Gasteiger partial charge in [0.2, 0.25) is 0 Å². The number of carboxylic acid groups (broad SMARTS) is 1. The number of methoxy groups -OCH3 is 1. The van der Waals surface area contributed by atoms with Crippen molar-refractivity contribution in [3.63, 3.8) is 0 Å². The fourth-order valence-electron chi connectivity index (χ4n) is 2.57. The third-order valence-corrected chi connectivity index (χ3v) is 4.53. The van der Waals surface area contributed by atoms with Gasteiger partial charge < -0.3 is 24.1 Å². The summed E-state index contributed by atoms with van der Waals surface area (Å²) in [6.45, 7) is 4.34. The van der Waals surface area contributed by atoms with Crippen molar-refractivity contribution < 1.29 is 33.6 Å². The Bertz CT molecular complexity index is 979. The maximum absolute atomic E-state index is 12.5. The average Bonchev–Trinajstić information content (AvgIpc) is 2.77. The number of benzene rings is 2. The molecule has 1 amide bonds. The highest BCUT2D eigenvalue weighted by atomic mass is 79.9. The van der Waals surface area contributed by atoms with Gasteiger partial charge in [-0.2, -0.15) is 5.10 Å². The molecule has 0 spiro atoms. The summed E-state index contributed by atoms with van der Waals surface area (Å²) in [7, 11) is 1.43. The van der Waals surface area contributed by atoms with E-state index < -0.39 is 18.5 Å². The van der Waals surface area contributed by atoms with E-state index in [1.165, 1.54) is 13.3 Å². The lowest BCUT2D eigenvalue weighted by Gasteiger charge is -2.12. The first-order chi connectivity index (χ1) is 15.4. The number of hydrazone groups is 1. The van der Waals surface area contributed by atoms with Crippen LogP contribution in [0.5, 0.6) is 23.0 Å². The Balaban J connectivity index is 2.12. The van der Waals surface area contributed by atoms with Crippen LogP contribution in [0.3, 0.4) is 0 Å². The molecule has 0 aliphatic rings. The third-order valence-electron chi connectivity index (χ3n) is 3.94. The van der Waals surface area contributed by atoms with Gasteiger partial charge in [0.15, 0.2) is 29.6 Å². The van der Waals surface area contributed by atoms with Crippen molar-refractivity contribution in [2.24, 2.45) is 5.10 Å². The van der Waals surface area contributed by atoms with Crippen molar-refractivity contribution in [3.8, 4) is 23.0 Å². The Labute approximate surface area is 194 Å². The average molecular weight is 509 g/mol. The Kier molecular flexibility index (Phi) is 9.80. The van der Waals surface area contributed by atoms with Crippen LogP contribution in [0.4, 0.5) is 0 Å². The summed E-state index contributed by atoms with van der Waals surface area (Å²) >= 11 is 3.32. The lowest BCUT2D eigenvalue weighted by atomic mass is 10.2. The SMILES string of the molecule is CCCOc1ccc(C(=O)N/N=C/c2cc(Br)c(OCC(=O)O)c(OC)c2)cc1OCC. The fourth-order valence-corrected chi connectivity index (χ4v) is 3.14. The topological polar surface area (TPSA) is 116 Å². The number of aliphatic carboxylic acids is 1. The van der Waals surface area contributed by atoms with Crippen molar-refractivity contribution in [3.05, 3.63) is 45.9 Å². The standard InChI is InChI=1S/C22H25BrN2O7/c1-4-8-31-17-7-6-15(11-18(17)30-5-2)22(28)25-24-12-14-9-16(23)21(19(10-14)29-3)32-13-20(26)27/h6-7,9-12H,4-5,8,13H2,1-3H3,(H,25,28)(H,26,27)/b24-12+. The summed E-state index contributed by atoms with van der Waals surface area (Å²) in [4.78, 5) is 23.2. The number of carbonyl (C=O) groups excluding carboxylic acids is 1. The van der Waals surface area contributed by atoms with Crippen molar-refractivity contribution in [2.75, 3.05) is 26.9 Å². The van der Waals surface area contributed by atoms with Crippen molar-refractivity contribution in [1.82, 2.24) is 5.43 Å². The lowest BCUT2D eigenvalue weighted by molar-refractivity contribution is -0.139.